The highest BCUT2D eigenvalue weighted by molar-refractivity contribution is 6.12. The number of benzene rings is 3. The zero-order chi connectivity index (χ0) is 26.1. The van der Waals surface area contributed by atoms with Crippen LogP contribution in [0.2, 0.25) is 0 Å². The minimum absolute atomic E-state index is 0.130. The van der Waals surface area contributed by atoms with Crippen molar-refractivity contribution in [3.63, 3.8) is 0 Å². The van der Waals surface area contributed by atoms with E-state index in [1.807, 2.05) is 72.8 Å². The van der Waals surface area contributed by atoms with Gasteiger partial charge in [0.2, 0.25) is 6.79 Å². The zero-order valence-electron chi connectivity index (χ0n) is 20.7. The number of nitrogens with one attached hydrogen (secondary N) is 2. The lowest BCUT2D eigenvalue weighted by Gasteiger charge is -2.36. The van der Waals surface area contributed by atoms with Crippen molar-refractivity contribution < 1.29 is 28.5 Å². The van der Waals surface area contributed by atoms with Crippen molar-refractivity contribution in [2.24, 2.45) is 0 Å². The Bertz CT molecular complexity index is 1390. The Hall–Kier alpha value is -4.56. The van der Waals surface area contributed by atoms with E-state index < -0.39 is 29.6 Å². The predicted octanol–water partition coefficient (Wildman–Crippen LogP) is 4.25. The number of hydrogen-bond donors (Lipinski definition) is 2. The van der Waals surface area contributed by atoms with Crippen LogP contribution in [0.15, 0.2) is 102 Å². The van der Waals surface area contributed by atoms with E-state index in [2.05, 4.69) is 10.6 Å². The summed E-state index contributed by atoms with van der Waals surface area (Å²) in [6, 6.07) is 24.4. The van der Waals surface area contributed by atoms with Gasteiger partial charge >= 0.3 is 5.97 Å². The molecular weight excluding hydrogens is 484 g/mol. The van der Waals surface area contributed by atoms with Crippen LogP contribution in [0, 0.1) is 0 Å². The molecule has 0 aromatic heterocycles. The Morgan fingerprint density at radius 3 is 2.47 bits per heavy atom. The number of ether oxygens (including phenoxy) is 4. The second-order valence-corrected chi connectivity index (χ2v) is 9.25. The van der Waals surface area contributed by atoms with Crippen LogP contribution in [0.5, 0.6) is 11.5 Å². The Balaban J connectivity index is 1.39. The zero-order valence-corrected chi connectivity index (χ0v) is 20.7. The van der Waals surface area contributed by atoms with E-state index in [0.29, 0.717) is 23.6 Å². The molecule has 2 bridgehead atoms. The molecule has 38 heavy (non-hydrogen) atoms. The molecule has 0 aliphatic carbocycles. The number of rotatable bonds is 8. The van der Waals surface area contributed by atoms with Gasteiger partial charge < -0.3 is 29.6 Å². The average molecular weight is 511 g/mol. The molecule has 1 amide bonds. The molecule has 3 aromatic rings. The van der Waals surface area contributed by atoms with Crippen molar-refractivity contribution in [2.75, 3.05) is 24.5 Å². The van der Waals surface area contributed by atoms with Gasteiger partial charge in [0.25, 0.3) is 5.91 Å². The number of carbonyl (C=O) groups excluding carboxylic acids is 2. The third-order valence-corrected chi connectivity index (χ3v) is 6.96. The van der Waals surface area contributed by atoms with Crippen LogP contribution in [-0.4, -0.2) is 43.5 Å². The number of carbonyl (C=O) groups is 2. The van der Waals surface area contributed by atoms with E-state index in [4.69, 9.17) is 18.9 Å². The van der Waals surface area contributed by atoms with E-state index in [1.54, 1.807) is 18.2 Å². The van der Waals surface area contributed by atoms with Gasteiger partial charge in [-0.05, 0) is 42.3 Å². The molecule has 3 heterocycles. The SMILES string of the molecule is COC(=O)C1=C(C(=O)Nc2ccc3c(c2)OCO3)C2C=CC1(C(Cc1ccccc1)Nc1ccccc1)O2. The number of amides is 1. The molecule has 3 aromatic carbocycles. The van der Waals surface area contributed by atoms with Crippen LogP contribution in [-0.2, 0) is 25.5 Å². The van der Waals surface area contributed by atoms with Crippen LogP contribution in [0.25, 0.3) is 0 Å². The van der Waals surface area contributed by atoms with Crippen LogP contribution >= 0.6 is 0 Å². The monoisotopic (exact) mass is 510 g/mol. The third kappa shape index (κ3) is 4.18. The summed E-state index contributed by atoms with van der Waals surface area (Å²) in [5, 5.41) is 6.44. The van der Waals surface area contributed by atoms with E-state index in [0.717, 1.165) is 11.3 Å². The van der Waals surface area contributed by atoms with E-state index >= 15 is 0 Å². The van der Waals surface area contributed by atoms with Crippen molar-refractivity contribution >= 4 is 23.3 Å². The molecule has 3 atom stereocenters. The predicted molar refractivity (Wildman–Crippen MR) is 141 cm³/mol. The molecule has 0 spiro atoms. The smallest absolute Gasteiger partial charge is 0.337 e. The Morgan fingerprint density at radius 2 is 1.71 bits per heavy atom. The standard InChI is InChI=1S/C30H26N2O6/c1-35-29(34)27-26(28(33)32-21-12-13-22-24(17-21)37-18-36-22)23-14-15-30(27,38-23)25(16-19-8-4-2-5-9-19)31-20-10-6-3-7-11-20/h2-15,17,23,25,31H,16,18H2,1H3,(H,32,33). The summed E-state index contributed by atoms with van der Waals surface area (Å²) < 4.78 is 22.5. The molecule has 0 radical (unpaired) electrons. The second-order valence-electron chi connectivity index (χ2n) is 9.25. The van der Waals surface area contributed by atoms with Crippen molar-refractivity contribution in [3.05, 3.63) is 108 Å². The maximum atomic E-state index is 13.6. The van der Waals surface area contributed by atoms with E-state index in [-0.39, 0.29) is 17.9 Å². The molecule has 0 saturated heterocycles. The third-order valence-electron chi connectivity index (χ3n) is 6.96. The first-order chi connectivity index (χ1) is 18.6. The first-order valence-corrected chi connectivity index (χ1v) is 12.3. The van der Waals surface area contributed by atoms with Crippen molar-refractivity contribution in [3.8, 4) is 11.5 Å². The molecule has 0 fully saturated rings. The number of anilines is 2. The second kappa shape index (κ2) is 9.72. The van der Waals surface area contributed by atoms with Gasteiger partial charge in [-0.1, -0.05) is 54.6 Å². The van der Waals surface area contributed by atoms with Gasteiger partial charge in [0.15, 0.2) is 11.5 Å². The van der Waals surface area contributed by atoms with Gasteiger partial charge in [0.05, 0.1) is 24.3 Å². The topological polar surface area (TPSA) is 95.1 Å². The summed E-state index contributed by atoms with van der Waals surface area (Å²) in [7, 11) is 1.31. The van der Waals surface area contributed by atoms with Gasteiger partial charge in [-0.25, -0.2) is 4.79 Å². The quantitative estimate of drug-likeness (QED) is 0.346. The van der Waals surface area contributed by atoms with Gasteiger partial charge in [0, 0.05) is 17.4 Å². The highest BCUT2D eigenvalue weighted by Crippen LogP contribution is 2.47. The van der Waals surface area contributed by atoms with Crippen LogP contribution in [0.1, 0.15) is 5.56 Å². The number of fused-ring (bicyclic) bond motifs is 3. The Kier molecular flexibility index (Phi) is 6.09. The highest BCUT2D eigenvalue weighted by Gasteiger charge is 2.58. The normalized spacial score (nSPS) is 21.3. The summed E-state index contributed by atoms with van der Waals surface area (Å²) in [6.07, 6.45) is 3.52. The molecule has 6 rings (SSSR count). The van der Waals surface area contributed by atoms with Crippen LogP contribution < -0.4 is 20.1 Å². The van der Waals surface area contributed by atoms with Crippen LogP contribution in [0.3, 0.4) is 0 Å². The maximum Gasteiger partial charge on any atom is 0.337 e. The molecular formula is C30H26N2O6. The van der Waals surface area contributed by atoms with Gasteiger partial charge in [-0.15, -0.1) is 0 Å². The molecule has 192 valence electrons. The van der Waals surface area contributed by atoms with Gasteiger partial charge in [-0.3, -0.25) is 4.79 Å². The lowest BCUT2D eigenvalue weighted by Crippen LogP contribution is -2.49. The fraction of sp³-hybridized carbons (Fsp3) is 0.200. The number of esters is 1. The molecule has 3 aliphatic heterocycles. The minimum Gasteiger partial charge on any atom is -0.466 e. The lowest BCUT2D eigenvalue weighted by molar-refractivity contribution is -0.138. The summed E-state index contributed by atoms with van der Waals surface area (Å²) >= 11 is 0. The summed E-state index contributed by atoms with van der Waals surface area (Å²) in [4.78, 5) is 26.9. The maximum absolute atomic E-state index is 13.6. The molecule has 8 heteroatoms. The Morgan fingerprint density at radius 1 is 0.974 bits per heavy atom. The first-order valence-electron chi connectivity index (χ1n) is 12.3. The largest absolute Gasteiger partial charge is 0.466 e. The Labute approximate surface area is 219 Å². The summed E-state index contributed by atoms with van der Waals surface area (Å²) in [6.45, 7) is 0.130. The molecule has 8 nitrogen and oxygen atoms in total. The average Bonchev–Trinajstić information content (AvgIpc) is 3.68. The summed E-state index contributed by atoms with van der Waals surface area (Å²) in [5.41, 5.74) is 1.63. The highest BCUT2D eigenvalue weighted by atomic mass is 16.7. The van der Waals surface area contributed by atoms with E-state index in [1.165, 1.54) is 7.11 Å². The fourth-order valence-corrected chi connectivity index (χ4v) is 5.22. The molecule has 3 aliphatic rings. The van der Waals surface area contributed by atoms with Crippen molar-refractivity contribution in [1.82, 2.24) is 0 Å². The van der Waals surface area contributed by atoms with Crippen molar-refractivity contribution in [2.45, 2.75) is 24.2 Å². The van der Waals surface area contributed by atoms with Gasteiger partial charge in [-0.2, -0.15) is 0 Å². The fourth-order valence-electron chi connectivity index (χ4n) is 5.22. The lowest BCUT2D eigenvalue weighted by atomic mass is 9.78. The first kappa shape index (κ1) is 23.8. The number of hydrogen-bond acceptors (Lipinski definition) is 7. The van der Waals surface area contributed by atoms with Crippen molar-refractivity contribution in [1.29, 1.82) is 0 Å². The number of para-hydroxylation sites is 1. The molecule has 2 N–H and O–H groups in total. The molecule has 3 unspecified atom stereocenters. The number of methoxy groups -OCH3 is 1. The minimum atomic E-state index is -1.22. The van der Waals surface area contributed by atoms with Crippen LogP contribution in [0.4, 0.5) is 11.4 Å². The van der Waals surface area contributed by atoms with Gasteiger partial charge in [0.1, 0.15) is 11.7 Å². The summed E-state index contributed by atoms with van der Waals surface area (Å²) in [5.74, 6) is 0.0955. The van der Waals surface area contributed by atoms with E-state index in [9.17, 15) is 9.59 Å². The molecule has 0 saturated carbocycles.